The molecule has 3 aromatic heterocycles. The van der Waals surface area contributed by atoms with E-state index in [9.17, 15) is 13.2 Å². The Hall–Kier alpha value is -2.91. The summed E-state index contributed by atoms with van der Waals surface area (Å²) in [6, 6.07) is 4.92. The van der Waals surface area contributed by atoms with Crippen molar-refractivity contribution in [1.29, 1.82) is 0 Å². The molecule has 23 heavy (non-hydrogen) atoms. The number of alkyl halides is 3. The lowest BCUT2D eigenvalue weighted by Crippen LogP contribution is -2.05. The molecule has 0 aliphatic heterocycles. The van der Waals surface area contributed by atoms with Crippen LogP contribution < -0.4 is 5.32 Å². The van der Waals surface area contributed by atoms with E-state index in [1.54, 1.807) is 25.1 Å². The van der Waals surface area contributed by atoms with Gasteiger partial charge in [-0.1, -0.05) is 10.3 Å². The summed E-state index contributed by atoms with van der Waals surface area (Å²) in [4.78, 5) is 7.42. The van der Waals surface area contributed by atoms with Crippen molar-refractivity contribution in [2.45, 2.75) is 19.6 Å². The number of hydrogen-bond donors (Lipinski definition) is 1. The van der Waals surface area contributed by atoms with Crippen LogP contribution in [-0.4, -0.2) is 20.3 Å². The first-order chi connectivity index (χ1) is 10.9. The molecule has 3 aromatic rings. The third-order valence-corrected chi connectivity index (χ3v) is 2.82. The van der Waals surface area contributed by atoms with Crippen LogP contribution >= 0.6 is 0 Å². The van der Waals surface area contributed by atoms with Crippen molar-refractivity contribution in [1.82, 2.24) is 20.3 Å². The number of pyridine rings is 1. The highest BCUT2D eigenvalue weighted by atomic mass is 19.4. The average Bonchev–Trinajstić information content (AvgIpc) is 3.14. The van der Waals surface area contributed by atoms with Crippen molar-refractivity contribution in [3.63, 3.8) is 0 Å². The molecule has 0 aliphatic rings. The molecule has 0 amide bonds. The molecule has 3 rings (SSSR count). The predicted octanol–water partition coefficient (Wildman–Crippen LogP) is 3.06. The maximum Gasteiger partial charge on any atom is 0.471 e. The Morgan fingerprint density at radius 1 is 1.17 bits per heavy atom. The molecular weight excluding hydrogens is 315 g/mol. The van der Waals surface area contributed by atoms with Crippen LogP contribution in [0.5, 0.6) is 0 Å². The van der Waals surface area contributed by atoms with E-state index < -0.39 is 12.1 Å². The minimum Gasteiger partial charge on any atom is -0.348 e. The number of aryl methyl sites for hydroxylation is 1. The fourth-order valence-electron chi connectivity index (χ4n) is 1.74. The second-order valence-electron chi connectivity index (χ2n) is 4.65. The minimum absolute atomic E-state index is 0.171. The Kier molecular flexibility index (Phi) is 3.72. The Morgan fingerprint density at radius 2 is 2.00 bits per heavy atom. The monoisotopic (exact) mass is 325 g/mol. The summed E-state index contributed by atoms with van der Waals surface area (Å²) >= 11 is 0. The molecule has 1 N–H and O–H groups in total. The van der Waals surface area contributed by atoms with Gasteiger partial charge in [-0.15, -0.1) is 0 Å². The van der Waals surface area contributed by atoms with Crippen molar-refractivity contribution in [3.8, 4) is 11.4 Å². The molecule has 7 nitrogen and oxygen atoms in total. The van der Waals surface area contributed by atoms with E-state index in [0.717, 1.165) is 5.69 Å². The van der Waals surface area contributed by atoms with Crippen LogP contribution in [0, 0.1) is 6.92 Å². The molecule has 0 radical (unpaired) electrons. The van der Waals surface area contributed by atoms with Gasteiger partial charge in [0, 0.05) is 17.8 Å². The lowest BCUT2D eigenvalue weighted by molar-refractivity contribution is -0.159. The van der Waals surface area contributed by atoms with Gasteiger partial charge in [-0.05, 0) is 19.1 Å². The largest absolute Gasteiger partial charge is 0.471 e. The zero-order chi connectivity index (χ0) is 16.4. The third kappa shape index (κ3) is 3.47. The van der Waals surface area contributed by atoms with Crippen LogP contribution in [0.4, 0.5) is 19.1 Å². The highest BCUT2D eigenvalue weighted by Crippen LogP contribution is 2.29. The second-order valence-corrected chi connectivity index (χ2v) is 4.65. The zero-order valence-corrected chi connectivity index (χ0v) is 11.8. The van der Waals surface area contributed by atoms with E-state index in [2.05, 4.69) is 30.1 Å². The number of rotatable bonds is 4. The van der Waals surface area contributed by atoms with Gasteiger partial charge in [0.2, 0.25) is 11.7 Å². The second kappa shape index (κ2) is 5.71. The van der Waals surface area contributed by atoms with E-state index in [-0.39, 0.29) is 5.82 Å². The molecule has 0 saturated carbocycles. The number of nitrogens with one attached hydrogen (secondary N) is 1. The topological polar surface area (TPSA) is 89.9 Å². The maximum absolute atomic E-state index is 12.4. The molecule has 0 aromatic carbocycles. The molecule has 0 spiro atoms. The lowest BCUT2D eigenvalue weighted by atomic mass is 10.2. The predicted molar refractivity (Wildman–Crippen MR) is 71.1 cm³/mol. The smallest absolute Gasteiger partial charge is 0.348 e. The van der Waals surface area contributed by atoms with Crippen molar-refractivity contribution in [2.24, 2.45) is 0 Å². The Morgan fingerprint density at radius 3 is 2.57 bits per heavy atom. The van der Waals surface area contributed by atoms with Gasteiger partial charge in [0.05, 0.1) is 17.9 Å². The highest BCUT2D eigenvalue weighted by molar-refractivity contribution is 5.52. The summed E-state index contributed by atoms with van der Waals surface area (Å²) in [6.07, 6.45) is -3.30. The number of halogens is 3. The fraction of sp³-hybridized carbons (Fsp3) is 0.231. The summed E-state index contributed by atoms with van der Waals surface area (Å²) in [7, 11) is 0. The SMILES string of the molecule is Cc1cc(NCc2ccc(-c3noc(C(F)(F)F)n3)cn2)on1. The van der Waals surface area contributed by atoms with Gasteiger partial charge in [-0.3, -0.25) is 4.98 Å². The molecule has 0 unspecified atom stereocenters. The third-order valence-electron chi connectivity index (χ3n) is 2.82. The maximum atomic E-state index is 12.4. The van der Waals surface area contributed by atoms with E-state index in [1.165, 1.54) is 6.20 Å². The van der Waals surface area contributed by atoms with Crippen LogP contribution in [-0.2, 0) is 12.7 Å². The zero-order valence-electron chi connectivity index (χ0n) is 11.8. The van der Waals surface area contributed by atoms with Gasteiger partial charge in [-0.25, -0.2) is 0 Å². The Balaban J connectivity index is 1.68. The van der Waals surface area contributed by atoms with Gasteiger partial charge >= 0.3 is 12.1 Å². The van der Waals surface area contributed by atoms with E-state index in [4.69, 9.17) is 4.52 Å². The number of aromatic nitrogens is 4. The summed E-state index contributed by atoms with van der Waals surface area (Å²) < 4.78 is 46.4. The van der Waals surface area contributed by atoms with Gasteiger partial charge in [-0.2, -0.15) is 18.2 Å². The first kappa shape index (κ1) is 15.0. The lowest BCUT2D eigenvalue weighted by Gasteiger charge is -2.02. The van der Waals surface area contributed by atoms with E-state index >= 15 is 0 Å². The van der Waals surface area contributed by atoms with Crippen molar-refractivity contribution in [3.05, 3.63) is 41.7 Å². The molecule has 0 aliphatic carbocycles. The molecule has 0 fully saturated rings. The number of anilines is 1. The summed E-state index contributed by atoms with van der Waals surface area (Å²) in [5.74, 6) is -1.06. The van der Waals surface area contributed by atoms with Crippen LogP contribution in [0.15, 0.2) is 33.4 Å². The average molecular weight is 325 g/mol. The molecule has 3 heterocycles. The standard InChI is InChI=1S/C13H10F3N5O2/c1-7-4-10(22-20-7)18-6-9-3-2-8(5-17-9)11-19-12(23-21-11)13(14,15)16/h2-5,18H,6H2,1H3. The van der Waals surface area contributed by atoms with Crippen LogP contribution in [0.2, 0.25) is 0 Å². The Bertz CT molecular complexity index is 795. The molecular formula is C13H10F3N5O2. The fourth-order valence-corrected chi connectivity index (χ4v) is 1.74. The first-order valence-electron chi connectivity index (χ1n) is 6.45. The van der Waals surface area contributed by atoms with Crippen LogP contribution in [0.1, 0.15) is 17.3 Å². The van der Waals surface area contributed by atoms with Gasteiger partial charge in [0.25, 0.3) is 0 Å². The van der Waals surface area contributed by atoms with Gasteiger partial charge < -0.3 is 14.4 Å². The van der Waals surface area contributed by atoms with Gasteiger partial charge in [0.15, 0.2) is 0 Å². The molecule has 0 bridgehead atoms. The van der Waals surface area contributed by atoms with Crippen LogP contribution in [0.25, 0.3) is 11.4 Å². The van der Waals surface area contributed by atoms with Crippen molar-refractivity contribution >= 4 is 5.88 Å². The summed E-state index contributed by atoms with van der Waals surface area (Å²) in [6.45, 7) is 2.16. The first-order valence-corrected chi connectivity index (χ1v) is 6.45. The van der Waals surface area contributed by atoms with E-state index in [0.29, 0.717) is 23.7 Å². The summed E-state index contributed by atoms with van der Waals surface area (Å²) in [5, 5.41) is 10.00. The quantitative estimate of drug-likeness (QED) is 0.788. The molecule has 0 saturated heterocycles. The molecule has 10 heteroatoms. The van der Waals surface area contributed by atoms with Crippen molar-refractivity contribution in [2.75, 3.05) is 5.32 Å². The summed E-state index contributed by atoms with van der Waals surface area (Å²) in [5.41, 5.74) is 1.72. The van der Waals surface area contributed by atoms with Crippen molar-refractivity contribution < 1.29 is 22.2 Å². The number of nitrogens with zero attached hydrogens (tertiary/aromatic N) is 4. The molecule has 0 atom stereocenters. The normalized spacial score (nSPS) is 11.7. The van der Waals surface area contributed by atoms with Gasteiger partial charge in [0.1, 0.15) is 0 Å². The minimum atomic E-state index is -4.67. The Labute approximate surface area is 127 Å². The van der Waals surface area contributed by atoms with E-state index in [1.807, 2.05) is 0 Å². The van der Waals surface area contributed by atoms with Crippen LogP contribution in [0.3, 0.4) is 0 Å². The highest BCUT2D eigenvalue weighted by Gasteiger charge is 2.38. The molecule has 120 valence electrons. The number of hydrogen-bond acceptors (Lipinski definition) is 7.